The second kappa shape index (κ2) is 7.60. The average molecular weight is 353 g/mol. The molecule has 0 spiro atoms. The van der Waals surface area contributed by atoms with E-state index in [9.17, 15) is 13.2 Å². The summed E-state index contributed by atoms with van der Waals surface area (Å²) < 4.78 is 32.2. The average Bonchev–Trinajstić information content (AvgIpc) is 2.63. The Hall–Kier alpha value is -1.48. The Morgan fingerprint density at radius 3 is 2.50 bits per heavy atom. The van der Waals surface area contributed by atoms with Crippen LogP contribution in [0.15, 0.2) is 35.2 Å². The molecule has 3 rings (SSSR count). The predicted octanol–water partition coefficient (Wildman–Crippen LogP) is -0.102. The van der Waals surface area contributed by atoms with Crippen molar-refractivity contribution in [1.82, 2.24) is 14.5 Å². The van der Waals surface area contributed by atoms with E-state index < -0.39 is 10.0 Å². The molecular formula is C16H23N3O4S. The summed E-state index contributed by atoms with van der Waals surface area (Å²) in [7, 11) is -3.48. The minimum absolute atomic E-state index is 0.0282. The highest BCUT2D eigenvalue weighted by Crippen LogP contribution is 2.18. The summed E-state index contributed by atoms with van der Waals surface area (Å²) in [6, 6.07) is 8.41. The first-order valence-corrected chi connectivity index (χ1v) is 9.66. The van der Waals surface area contributed by atoms with Crippen LogP contribution < -0.4 is 5.32 Å². The summed E-state index contributed by atoms with van der Waals surface area (Å²) in [4.78, 5) is 14.4. The normalized spacial score (nSPS) is 23.2. The molecule has 2 aliphatic rings. The molecule has 1 atom stereocenters. The molecule has 1 amide bonds. The van der Waals surface area contributed by atoms with Crippen molar-refractivity contribution in [1.29, 1.82) is 0 Å². The van der Waals surface area contributed by atoms with Gasteiger partial charge in [-0.25, -0.2) is 8.42 Å². The molecule has 2 heterocycles. The Kier molecular flexibility index (Phi) is 5.50. The molecule has 0 aliphatic carbocycles. The maximum atomic E-state index is 12.6. The van der Waals surface area contributed by atoms with Gasteiger partial charge in [0.25, 0.3) is 0 Å². The number of benzene rings is 1. The standard InChI is InChI=1S/C16H23N3O4S/c20-16(12-14-13-17-6-11-23-14)18-7-9-19(10-8-18)24(21,22)15-4-2-1-3-5-15/h1-5,14,17H,6-13H2. The minimum Gasteiger partial charge on any atom is -0.375 e. The molecule has 0 radical (unpaired) electrons. The number of nitrogens with one attached hydrogen (secondary N) is 1. The lowest BCUT2D eigenvalue weighted by molar-refractivity contribution is -0.135. The predicted molar refractivity (Wildman–Crippen MR) is 89.0 cm³/mol. The Bertz CT molecular complexity index is 651. The molecule has 132 valence electrons. The number of amides is 1. The van der Waals surface area contributed by atoms with Gasteiger partial charge in [-0.15, -0.1) is 0 Å². The number of hydrogen-bond acceptors (Lipinski definition) is 5. The topological polar surface area (TPSA) is 79.0 Å². The first-order valence-electron chi connectivity index (χ1n) is 8.22. The maximum Gasteiger partial charge on any atom is 0.243 e. The lowest BCUT2D eigenvalue weighted by atomic mass is 10.2. The first kappa shape index (κ1) is 17.3. The SMILES string of the molecule is O=C(CC1CNCCO1)N1CCN(S(=O)(=O)c2ccccc2)CC1. The molecule has 7 nitrogen and oxygen atoms in total. The van der Waals surface area contributed by atoms with Crippen molar-refractivity contribution >= 4 is 15.9 Å². The molecule has 2 fully saturated rings. The lowest BCUT2D eigenvalue weighted by Crippen LogP contribution is -2.51. The highest BCUT2D eigenvalue weighted by atomic mass is 32.2. The second-order valence-corrected chi connectivity index (χ2v) is 7.94. The number of nitrogens with zero attached hydrogens (tertiary/aromatic N) is 2. The van der Waals surface area contributed by atoms with Crippen LogP contribution in [0.2, 0.25) is 0 Å². The summed E-state index contributed by atoms with van der Waals surface area (Å²) in [5.41, 5.74) is 0. The van der Waals surface area contributed by atoms with Crippen LogP contribution in [-0.2, 0) is 19.6 Å². The Balaban J connectivity index is 1.54. The van der Waals surface area contributed by atoms with Gasteiger partial charge < -0.3 is 15.0 Å². The van der Waals surface area contributed by atoms with Crippen molar-refractivity contribution in [3.8, 4) is 0 Å². The number of rotatable bonds is 4. The van der Waals surface area contributed by atoms with Gasteiger partial charge in [0.2, 0.25) is 15.9 Å². The van der Waals surface area contributed by atoms with Crippen molar-refractivity contribution in [2.45, 2.75) is 17.4 Å². The van der Waals surface area contributed by atoms with Gasteiger partial charge in [0.05, 0.1) is 24.0 Å². The van der Waals surface area contributed by atoms with Gasteiger partial charge in [-0.2, -0.15) is 4.31 Å². The number of carbonyl (C=O) groups excluding carboxylic acids is 1. The van der Waals surface area contributed by atoms with Crippen molar-refractivity contribution in [2.75, 3.05) is 45.9 Å². The Morgan fingerprint density at radius 2 is 1.88 bits per heavy atom. The Labute approximate surface area is 142 Å². The second-order valence-electron chi connectivity index (χ2n) is 6.00. The van der Waals surface area contributed by atoms with E-state index in [1.165, 1.54) is 4.31 Å². The largest absolute Gasteiger partial charge is 0.375 e. The van der Waals surface area contributed by atoms with Gasteiger partial charge >= 0.3 is 0 Å². The molecular weight excluding hydrogens is 330 g/mol. The van der Waals surface area contributed by atoms with Crippen LogP contribution in [0, 0.1) is 0 Å². The first-order chi connectivity index (χ1) is 11.6. The highest BCUT2D eigenvalue weighted by Gasteiger charge is 2.30. The fourth-order valence-corrected chi connectivity index (χ4v) is 4.44. The van der Waals surface area contributed by atoms with E-state index in [1.54, 1.807) is 35.2 Å². The fraction of sp³-hybridized carbons (Fsp3) is 0.562. The van der Waals surface area contributed by atoms with Crippen molar-refractivity contribution < 1.29 is 17.9 Å². The van der Waals surface area contributed by atoms with Crippen molar-refractivity contribution in [2.24, 2.45) is 0 Å². The quantitative estimate of drug-likeness (QED) is 0.818. The molecule has 2 saturated heterocycles. The molecule has 0 aromatic heterocycles. The third-order valence-electron chi connectivity index (χ3n) is 4.38. The van der Waals surface area contributed by atoms with Gasteiger partial charge in [0, 0.05) is 39.3 Å². The molecule has 1 unspecified atom stereocenters. The fourth-order valence-electron chi connectivity index (χ4n) is 2.99. The van der Waals surface area contributed by atoms with Gasteiger partial charge in [0.15, 0.2) is 0 Å². The van der Waals surface area contributed by atoms with E-state index in [-0.39, 0.29) is 12.0 Å². The Morgan fingerprint density at radius 1 is 1.17 bits per heavy atom. The van der Waals surface area contributed by atoms with E-state index >= 15 is 0 Å². The third-order valence-corrected chi connectivity index (χ3v) is 6.29. The molecule has 2 aliphatic heterocycles. The zero-order valence-corrected chi connectivity index (χ0v) is 14.4. The van der Waals surface area contributed by atoms with Crippen LogP contribution in [0.25, 0.3) is 0 Å². The van der Waals surface area contributed by atoms with Crippen LogP contribution in [0.5, 0.6) is 0 Å². The van der Waals surface area contributed by atoms with Gasteiger partial charge in [-0.05, 0) is 12.1 Å². The van der Waals surface area contributed by atoms with Gasteiger partial charge in [-0.3, -0.25) is 4.79 Å². The van der Waals surface area contributed by atoms with Crippen molar-refractivity contribution in [3.63, 3.8) is 0 Å². The lowest BCUT2D eigenvalue weighted by Gasteiger charge is -2.35. The number of piperazine rings is 1. The molecule has 0 saturated carbocycles. The van der Waals surface area contributed by atoms with E-state index in [4.69, 9.17) is 4.74 Å². The summed E-state index contributed by atoms with van der Waals surface area (Å²) >= 11 is 0. The van der Waals surface area contributed by atoms with E-state index in [0.717, 1.165) is 6.54 Å². The van der Waals surface area contributed by atoms with E-state index in [2.05, 4.69) is 5.32 Å². The van der Waals surface area contributed by atoms with Crippen LogP contribution in [0.4, 0.5) is 0 Å². The molecule has 1 N–H and O–H groups in total. The highest BCUT2D eigenvalue weighted by molar-refractivity contribution is 7.89. The van der Waals surface area contributed by atoms with Gasteiger partial charge in [0.1, 0.15) is 0 Å². The zero-order valence-electron chi connectivity index (χ0n) is 13.6. The zero-order chi connectivity index (χ0) is 17.0. The van der Waals surface area contributed by atoms with Gasteiger partial charge in [-0.1, -0.05) is 18.2 Å². The van der Waals surface area contributed by atoms with E-state index in [1.807, 2.05) is 0 Å². The maximum absolute atomic E-state index is 12.6. The molecule has 1 aromatic carbocycles. The van der Waals surface area contributed by atoms with Crippen LogP contribution in [-0.4, -0.2) is 75.5 Å². The smallest absolute Gasteiger partial charge is 0.243 e. The summed E-state index contributed by atoms with van der Waals surface area (Å²) in [5, 5.41) is 3.20. The number of morpholine rings is 1. The third kappa shape index (κ3) is 3.94. The molecule has 8 heteroatoms. The molecule has 0 bridgehead atoms. The number of carbonyl (C=O) groups is 1. The molecule has 24 heavy (non-hydrogen) atoms. The number of sulfonamides is 1. The number of ether oxygens (including phenoxy) is 1. The van der Waals surface area contributed by atoms with Crippen LogP contribution >= 0.6 is 0 Å². The van der Waals surface area contributed by atoms with Crippen LogP contribution in [0.3, 0.4) is 0 Å². The monoisotopic (exact) mass is 353 g/mol. The number of hydrogen-bond donors (Lipinski definition) is 1. The van der Waals surface area contributed by atoms with E-state index in [0.29, 0.717) is 50.6 Å². The van der Waals surface area contributed by atoms with Crippen molar-refractivity contribution in [3.05, 3.63) is 30.3 Å². The summed E-state index contributed by atoms with van der Waals surface area (Å²) in [6.45, 7) is 3.63. The summed E-state index contributed by atoms with van der Waals surface area (Å²) in [6.07, 6.45) is 0.260. The summed E-state index contributed by atoms with van der Waals surface area (Å²) in [5.74, 6) is 0.0282. The minimum atomic E-state index is -3.48. The molecule has 1 aromatic rings. The van der Waals surface area contributed by atoms with Crippen LogP contribution in [0.1, 0.15) is 6.42 Å².